The number of rotatable bonds is 5. The zero-order valence-electron chi connectivity index (χ0n) is 16.2. The van der Waals surface area contributed by atoms with Crippen molar-refractivity contribution in [2.75, 3.05) is 7.11 Å². The number of H-pyrrole nitrogens is 1. The maximum atomic E-state index is 13.3. The van der Waals surface area contributed by atoms with Gasteiger partial charge in [0.1, 0.15) is 28.6 Å². The number of benzene rings is 2. The van der Waals surface area contributed by atoms with Crippen LogP contribution in [0.2, 0.25) is 0 Å². The molecule has 2 aromatic heterocycles. The highest BCUT2D eigenvalue weighted by Gasteiger charge is 2.42. The standard InChI is InChI=1S/C23H19N3O4/c1-29-15-7-4-6-14(12-15)22-19-20(17-9-2-3-10-18(17)27)24-25-21(19)23(28)26(22)13-16-8-5-11-30-16/h2-12,22,27H,13H2,1H3,(H,24,25)/t22-/m0/s1. The molecule has 2 N–H and O–H groups in total. The Morgan fingerprint density at radius 2 is 2.03 bits per heavy atom. The van der Waals surface area contributed by atoms with Crippen LogP contribution in [-0.4, -0.2) is 33.2 Å². The average molecular weight is 401 g/mol. The van der Waals surface area contributed by atoms with Gasteiger partial charge in [-0.25, -0.2) is 0 Å². The Morgan fingerprint density at radius 3 is 2.80 bits per heavy atom. The Bertz CT molecular complexity index is 1210. The summed E-state index contributed by atoms with van der Waals surface area (Å²) in [6.07, 6.45) is 1.59. The van der Waals surface area contributed by atoms with E-state index in [1.165, 1.54) is 0 Å². The molecule has 30 heavy (non-hydrogen) atoms. The first kappa shape index (κ1) is 18.1. The molecular formula is C23H19N3O4. The number of amides is 1. The second-order valence-corrected chi connectivity index (χ2v) is 7.07. The number of phenolic OH excluding ortho intramolecular Hbond substituents is 1. The van der Waals surface area contributed by atoms with Crippen LogP contribution in [0, 0.1) is 0 Å². The zero-order chi connectivity index (χ0) is 20.7. The van der Waals surface area contributed by atoms with Gasteiger partial charge < -0.3 is 19.2 Å². The van der Waals surface area contributed by atoms with Gasteiger partial charge >= 0.3 is 0 Å². The zero-order valence-corrected chi connectivity index (χ0v) is 16.2. The maximum Gasteiger partial charge on any atom is 0.273 e. The minimum atomic E-state index is -0.416. The van der Waals surface area contributed by atoms with Gasteiger partial charge in [0, 0.05) is 11.1 Å². The molecule has 0 saturated heterocycles. The summed E-state index contributed by atoms with van der Waals surface area (Å²) in [4.78, 5) is 15.0. The highest BCUT2D eigenvalue weighted by Crippen LogP contribution is 2.45. The van der Waals surface area contributed by atoms with E-state index in [2.05, 4.69) is 10.2 Å². The third-order valence-electron chi connectivity index (χ3n) is 5.34. The number of carbonyl (C=O) groups is 1. The van der Waals surface area contributed by atoms with Crippen LogP contribution < -0.4 is 4.74 Å². The van der Waals surface area contributed by atoms with Crippen LogP contribution in [0.1, 0.15) is 33.4 Å². The van der Waals surface area contributed by atoms with Gasteiger partial charge in [-0.2, -0.15) is 5.10 Å². The van der Waals surface area contributed by atoms with Crippen LogP contribution in [-0.2, 0) is 6.54 Å². The lowest BCUT2D eigenvalue weighted by Crippen LogP contribution is -2.29. The van der Waals surface area contributed by atoms with E-state index in [1.54, 1.807) is 42.5 Å². The number of hydrogen-bond donors (Lipinski definition) is 2. The van der Waals surface area contributed by atoms with E-state index in [-0.39, 0.29) is 11.7 Å². The van der Waals surface area contributed by atoms with Crippen molar-refractivity contribution in [1.82, 2.24) is 15.1 Å². The molecule has 5 rings (SSSR count). The van der Waals surface area contributed by atoms with Gasteiger partial charge in [-0.05, 0) is 42.0 Å². The fraction of sp³-hybridized carbons (Fsp3) is 0.130. The van der Waals surface area contributed by atoms with Gasteiger partial charge in [0.15, 0.2) is 0 Å². The Morgan fingerprint density at radius 1 is 1.17 bits per heavy atom. The lowest BCUT2D eigenvalue weighted by Gasteiger charge is -2.26. The van der Waals surface area contributed by atoms with Crippen molar-refractivity contribution in [2.45, 2.75) is 12.6 Å². The Balaban J connectivity index is 1.69. The van der Waals surface area contributed by atoms with Gasteiger partial charge in [-0.1, -0.05) is 24.3 Å². The summed E-state index contributed by atoms with van der Waals surface area (Å²) in [7, 11) is 1.61. The highest BCUT2D eigenvalue weighted by molar-refractivity contribution is 6.00. The number of hydrogen-bond acceptors (Lipinski definition) is 5. The molecule has 1 amide bonds. The summed E-state index contributed by atoms with van der Waals surface area (Å²) in [5, 5.41) is 17.7. The highest BCUT2D eigenvalue weighted by atomic mass is 16.5. The van der Waals surface area contributed by atoms with Crippen LogP contribution in [0.4, 0.5) is 0 Å². The molecule has 0 radical (unpaired) electrons. The van der Waals surface area contributed by atoms with E-state index < -0.39 is 6.04 Å². The molecule has 150 valence electrons. The lowest BCUT2D eigenvalue weighted by atomic mass is 9.95. The fourth-order valence-corrected chi connectivity index (χ4v) is 3.97. The molecule has 4 aromatic rings. The van der Waals surface area contributed by atoms with Crippen LogP contribution >= 0.6 is 0 Å². The van der Waals surface area contributed by atoms with Crippen molar-refractivity contribution >= 4 is 5.91 Å². The molecule has 1 aliphatic heterocycles. The quantitative estimate of drug-likeness (QED) is 0.525. The van der Waals surface area contributed by atoms with Crippen LogP contribution in [0.3, 0.4) is 0 Å². The number of carbonyl (C=O) groups excluding carboxylic acids is 1. The van der Waals surface area contributed by atoms with E-state index >= 15 is 0 Å². The maximum absolute atomic E-state index is 13.3. The number of nitrogens with one attached hydrogen (secondary N) is 1. The van der Waals surface area contributed by atoms with Crippen molar-refractivity contribution in [1.29, 1.82) is 0 Å². The second kappa shape index (κ2) is 7.11. The molecule has 0 saturated carbocycles. The Hall–Kier alpha value is -4.00. The van der Waals surface area contributed by atoms with E-state index in [9.17, 15) is 9.90 Å². The molecule has 0 unspecified atom stereocenters. The molecule has 7 heteroatoms. The monoisotopic (exact) mass is 401 g/mol. The molecule has 3 heterocycles. The number of aromatic hydroxyl groups is 1. The largest absolute Gasteiger partial charge is 0.507 e. The van der Waals surface area contributed by atoms with Crippen LogP contribution in [0.25, 0.3) is 11.3 Å². The third kappa shape index (κ3) is 2.83. The summed E-state index contributed by atoms with van der Waals surface area (Å²) in [6, 6.07) is 17.8. The van der Waals surface area contributed by atoms with E-state index in [0.29, 0.717) is 35.0 Å². The Kier molecular flexibility index (Phi) is 4.28. The number of ether oxygens (including phenoxy) is 1. The molecular weight excluding hydrogens is 382 g/mol. The van der Waals surface area contributed by atoms with E-state index in [0.717, 1.165) is 11.1 Å². The number of nitrogens with zero attached hydrogens (tertiary/aromatic N) is 2. The predicted molar refractivity (Wildman–Crippen MR) is 109 cm³/mol. The number of furan rings is 1. The molecule has 1 aliphatic rings. The Labute approximate surface area is 172 Å². The SMILES string of the molecule is COc1cccc([C@H]2c3c(-c4ccccc4O)n[nH]c3C(=O)N2Cc2ccco2)c1. The van der Waals surface area contributed by atoms with Gasteiger partial charge in [0.25, 0.3) is 5.91 Å². The van der Waals surface area contributed by atoms with Crippen molar-refractivity contribution < 1.29 is 19.1 Å². The van der Waals surface area contributed by atoms with Crippen molar-refractivity contribution in [2.24, 2.45) is 0 Å². The van der Waals surface area contributed by atoms with Crippen LogP contribution in [0.15, 0.2) is 71.3 Å². The number of para-hydroxylation sites is 1. The number of phenols is 1. The molecule has 0 bridgehead atoms. The molecule has 7 nitrogen and oxygen atoms in total. The summed E-state index contributed by atoms with van der Waals surface area (Å²) >= 11 is 0. The third-order valence-corrected chi connectivity index (χ3v) is 5.34. The topological polar surface area (TPSA) is 91.6 Å². The van der Waals surface area contributed by atoms with Gasteiger partial charge in [0.05, 0.1) is 26.0 Å². The smallest absolute Gasteiger partial charge is 0.273 e. The average Bonchev–Trinajstić information content (AvgIpc) is 3.48. The first-order valence-electron chi connectivity index (χ1n) is 9.51. The number of aromatic nitrogens is 2. The summed E-state index contributed by atoms with van der Waals surface area (Å²) < 4.78 is 10.9. The second-order valence-electron chi connectivity index (χ2n) is 7.07. The summed E-state index contributed by atoms with van der Waals surface area (Å²) in [5.74, 6) is 1.30. The minimum Gasteiger partial charge on any atom is -0.507 e. The van der Waals surface area contributed by atoms with Crippen molar-refractivity contribution in [3.05, 3.63) is 89.5 Å². The van der Waals surface area contributed by atoms with Crippen molar-refractivity contribution in [3.8, 4) is 22.8 Å². The van der Waals surface area contributed by atoms with Gasteiger partial charge in [-0.15, -0.1) is 0 Å². The molecule has 0 spiro atoms. The summed E-state index contributed by atoms with van der Waals surface area (Å²) in [6.45, 7) is 0.302. The van der Waals surface area contributed by atoms with Gasteiger partial charge in [0.2, 0.25) is 0 Å². The number of fused-ring (bicyclic) bond motifs is 1. The summed E-state index contributed by atoms with van der Waals surface area (Å²) in [5.41, 5.74) is 3.13. The number of aromatic amines is 1. The normalized spacial score (nSPS) is 15.4. The van der Waals surface area contributed by atoms with Gasteiger partial charge in [-0.3, -0.25) is 9.89 Å². The molecule has 0 aliphatic carbocycles. The molecule has 2 aromatic carbocycles. The predicted octanol–water partition coefficient (Wildman–Crippen LogP) is 4.13. The molecule has 1 atom stereocenters. The van der Waals surface area contributed by atoms with E-state index in [4.69, 9.17) is 9.15 Å². The molecule has 0 fully saturated rings. The number of methoxy groups -OCH3 is 1. The van der Waals surface area contributed by atoms with E-state index in [1.807, 2.05) is 36.4 Å². The lowest BCUT2D eigenvalue weighted by molar-refractivity contribution is 0.0717. The van der Waals surface area contributed by atoms with Crippen LogP contribution in [0.5, 0.6) is 11.5 Å². The minimum absolute atomic E-state index is 0.105. The fourth-order valence-electron chi connectivity index (χ4n) is 3.97. The van der Waals surface area contributed by atoms with Crippen molar-refractivity contribution in [3.63, 3.8) is 0 Å². The first-order valence-corrected chi connectivity index (χ1v) is 9.51. The first-order chi connectivity index (χ1) is 14.7.